The summed E-state index contributed by atoms with van der Waals surface area (Å²) in [6.07, 6.45) is 1.42. The summed E-state index contributed by atoms with van der Waals surface area (Å²) in [6, 6.07) is 5.03. The molecular formula is C14H21FN6. The molecular weight excluding hydrogens is 271 g/mol. The van der Waals surface area contributed by atoms with Crippen LogP contribution in [0.3, 0.4) is 0 Å². The minimum Gasteiger partial charge on any atom is -0.369 e. The molecule has 7 heteroatoms. The van der Waals surface area contributed by atoms with Gasteiger partial charge in [0.25, 0.3) is 0 Å². The maximum absolute atomic E-state index is 14.1. The van der Waals surface area contributed by atoms with Crippen LogP contribution >= 0.6 is 0 Å². The number of rotatable bonds is 4. The van der Waals surface area contributed by atoms with E-state index in [2.05, 4.69) is 27.1 Å². The van der Waals surface area contributed by atoms with Crippen molar-refractivity contribution in [1.82, 2.24) is 9.80 Å². The summed E-state index contributed by atoms with van der Waals surface area (Å²) in [5, 5.41) is 7.15. The number of benzene rings is 1. The van der Waals surface area contributed by atoms with Crippen molar-refractivity contribution < 1.29 is 4.39 Å². The van der Waals surface area contributed by atoms with Crippen molar-refractivity contribution in [3.63, 3.8) is 0 Å². The number of hydrogen-bond donors (Lipinski definition) is 2. The Bertz CT molecular complexity index is 530. The summed E-state index contributed by atoms with van der Waals surface area (Å²) in [6.45, 7) is 4.59. The van der Waals surface area contributed by atoms with Crippen LogP contribution in [-0.4, -0.2) is 55.2 Å². The van der Waals surface area contributed by atoms with E-state index in [-0.39, 0.29) is 11.8 Å². The predicted octanol–water partition coefficient (Wildman–Crippen LogP) is 0.180. The summed E-state index contributed by atoms with van der Waals surface area (Å²) in [7, 11) is 2.10. The van der Waals surface area contributed by atoms with Crippen LogP contribution in [0.5, 0.6) is 0 Å². The zero-order valence-electron chi connectivity index (χ0n) is 12.2. The molecule has 1 aliphatic rings. The van der Waals surface area contributed by atoms with E-state index in [9.17, 15) is 4.39 Å². The highest BCUT2D eigenvalue weighted by Gasteiger charge is 2.15. The number of piperazine rings is 1. The van der Waals surface area contributed by atoms with Crippen LogP contribution in [0, 0.1) is 5.82 Å². The quantitative estimate of drug-likeness (QED) is 0.471. The summed E-state index contributed by atoms with van der Waals surface area (Å²) >= 11 is 0. The highest BCUT2D eigenvalue weighted by Crippen LogP contribution is 2.13. The molecule has 1 aliphatic heterocycles. The second-order valence-electron chi connectivity index (χ2n) is 5.20. The molecule has 1 saturated heterocycles. The van der Waals surface area contributed by atoms with E-state index in [1.54, 1.807) is 12.1 Å². The van der Waals surface area contributed by atoms with Crippen LogP contribution in [0.2, 0.25) is 0 Å². The highest BCUT2D eigenvalue weighted by molar-refractivity contribution is 5.81. The Hall–Kier alpha value is -1.99. The Kier molecular flexibility index (Phi) is 5.24. The van der Waals surface area contributed by atoms with Crippen molar-refractivity contribution in [1.29, 1.82) is 0 Å². The molecule has 0 saturated carbocycles. The average Bonchev–Trinajstić information content (AvgIpc) is 2.44. The fraction of sp³-hybridized carbons (Fsp3) is 0.429. The molecule has 1 aromatic rings. The molecule has 0 aromatic heterocycles. The molecule has 1 fully saturated rings. The van der Waals surface area contributed by atoms with E-state index in [1.165, 1.54) is 12.3 Å². The molecule has 0 bridgehead atoms. The molecule has 0 atom stereocenters. The van der Waals surface area contributed by atoms with Gasteiger partial charge in [0, 0.05) is 38.3 Å². The number of nitrogens with two attached hydrogens (primary N) is 2. The first-order valence-corrected chi connectivity index (χ1v) is 6.86. The van der Waals surface area contributed by atoms with Crippen molar-refractivity contribution in [3.8, 4) is 0 Å². The molecule has 1 heterocycles. The van der Waals surface area contributed by atoms with Gasteiger partial charge in [0.05, 0.1) is 6.21 Å². The van der Waals surface area contributed by atoms with Crippen molar-refractivity contribution in [2.24, 2.45) is 21.7 Å². The third-order valence-corrected chi connectivity index (χ3v) is 3.45. The van der Waals surface area contributed by atoms with Gasteiger partial charge in [0.1, 0.15) is 5.82 Å². The molecule has 21 heavy (non-hydrogen) atoms. The lowest BCUT2D eigenvalue weighted by Gasteiger charge is -2.32. The number of hydrogen-bond acceptors (Lipinski definition) is 4. The number of nitrogens with zero attached hydrogens (tertiary/aromatic N) is 4. The molecule has 0 amide bonds. The predicted molar refractivity (Wildman–Crippen MR) is 82.6 cm³/mol. The van der Waals surface area contributed by atoms with E-state index in [0.29, 0.717) is 17.7 Å². The van der Waals surface area contributed by atoms with E-state index >= 15 is 0 Å². The first-order valence-electron chi connectivity index (χ1n) is 6.86. The molecule has 6 nitrogen and oxygen atoms in total. The van der Waals surface area contributed by atoms with Crippen LogP contribution < -0.4 is 11.5 Å². The third-order valence-electron chi connectivity index (χ3n) is 3.45. The summed E-state index contributed by atoms with van der Waals surface area (Å²) in [5.41, 5.74) is 11.6. The second kappa shape index (κ2) is 7.14. The average molecular weight is 292 g/mol. The Morgan fingerprint density at radius 2 is 2.00 bits per heavy atom. The molecule has 4 N–H and O–H groups in total. The molecule has 1 aromatic carbocycles. The lowest BCUT2D eigenvalue weighted by Crippen LogP contribution is -2.44. The summed E-state index contributed by atoms with van der Waals surface area (Å²) in [5.74, 6) is -0.360. The zero-order valence-corrected chi connectivity index (χ0v) is 12.2. The number of likely N-dealkylation sites (N-methyl/N-ethyl adjacent to an activating group) is 1. The van der Waals surface area contributed by atoms with Gasteiger partial charge in [-0.05, 0) is 18.7 Å². The maximum Gasteiger partial charge on any atom is 0.211 e. The van der Waals surface area contributed by atoms with E-state index < -0.39 is 0 Å². The normalized spacial score (nSPS) is 17.2. The van der Waals surface area contributed by atoms with Gasteiger partial charge >= 0.3 is 0 Å². The first kappa shape index (κ1) is 15.4. The molecule has 2 rings (SSSR count). The fourth-order valence-electron chi connectivity index (χ4n) is 2.18. The lowest BCUT2D eigenvalue weighted by atomic mass is 10.1. The van der Waals surface area contributed by atoms with Gasteiger partial charge in [-0.3, -0.25) is 4.90 Å². The SMILES string of the molecule is CN1CCN(Cc2ccc(C=NN=C(N)N)cc2F)CC1. The van der Waals surface area contributed by atoms with Gasteiger partial charge in [-0.25, -0.2) is 4.39 Å². The minimum atomic E-state index is -0.234. The largest absolute Gasteiger partial charge is 0.369 e. The molecule has 0 spiro atoms. The van der Waals surface area contributed by atoms with Crippen molar-refractivity contribution >= 4 is 12.2 Å². The number of halogens is 1. The molecule has 0 aliphatic carbocycles. The van der Waals surface area contributed by atoms with Gasteiger partial charge < -0.3 is 16.4 Å². The summed E-state index contributed by atoms with van der Waals surface area (Å²) < 4.78 is 14.1. The Labute approximate surface area is 123 Å². The highest BCUT2D eigenvalue weighted by atomic mass is 19.1. The zero-order chi connectivity index (χ0) is 15.2. The van der Waals surface area contributed by atoms with Crippen LogP contribution in [0.1, 0.15) is 11.1 Å². The third kappa shape index (κ3) is 4.80. The Morgan fingerprint density at radius 1 is 1.29 bits per heavy atom. The first-order chi connectivity index (χ1) is 10.0. The summed E-state index contributed by atoms with van der Waals surface area (Å²) in [4.78, 5) is 4.53. The number of guanidine groups is 1. The topological polar surface area (TPSA) is 83.2 Å². The van der Waals surface area contributed by atoms with Gasteiger partial charge in [0.2, 0.25) is 5.96 Å². The molecule has 0 unspecified atom stereocenters. The smallest absolute Gasteiger partial charge is 0.211 e. The van der Waals surface area contributed by atoms with Gasteiger partial charge in [-0.2, -0.15) is 5.10 Å². The maximum atomic E-state index is 14.1. The van der Waals surface area contributed by atoms with E-state index in [4.69, 9.17) is 11.5 Å². The Morgan fingerprint density at radius 3 is 2.62 bits per heavy atom. The lowest BCUT2D eigenvalue weighted by molar-refractivity contribution is 0.147. The fourth-order valence-corrected chi connectivity index (χ4v) is 2.18. The van der Waals surface area contributed by atoms with Crippen LogP contribution in [0.4, 0.5) is 4.39 Å². The van der Waals surface area contributed by atoms with Crippen molar-refractivity contribution in [2.45, 2.75) is 6.54 Å². The van der Waals surface area contributed by atoms with Gasteiger partial charge in [-0.1, -0.05) is 12.1 Å². The minimum absolute atomic E-state index is 0.126. The standard InChI is InChI=1S/C14H21FN6/c1-20-4-6-21(7-5-20)10-12-3-2-11(8-13(12)15)9-18-19-14(16)17/h2-3,8-9H,4-7,10H2,1H3,(H4,16,17,19). The van der Waals surface area contributed by atoms with E-state index in [0.717, 1.165) is 26.2 Å². The molecule has 0 radical (unpaired) electrons. The second-order valence-corrected chi connectivity index (χ2v) is 5.20. The van der Waals surface area contributed by atoms with Crippen molar-refractivity contribution in [3.05, 3.63) is 35.1 Å². The molecule has 114 valence electrons. The van der Waals surface area contributed by atoms with Crippen LogP contribution in [0.25, 0.3) is 0 Å². The van der Waals surface area contributed by atoms with Gasteiger partial charge in [-0.15, -0.1) is 5.10 Å². The van der Waals surface area contributed by atoms with Crippen LogP contribution in [-0.2, 0) is 6.54 Å². The van der Waals surface area contributed by atoms with Crippen LogP contribution in [0.15, 0.2) is 28.4 Å². The van der Waals surface area contributed by atoms with Gasteiger partial charge in [0.15, 0.2) is 0 Å². The monoisotopic (exact) mass is 292 g/mol. The van der Waals surface area contributed by atoms with Crippen molar-refractivity contribution in [2.75, 3.05) is 33.2 Å². The van der Waals surface area contributed by atoms with E-state index in [1.807, 2.05) is 0 Å². The Balaban J connectivity index is 1.99.